The quantitative estimate of drug-likeness (QED) is 0.333. The lowest BCUT2D eigenvalue weighted by molar-refractivity contribution is -0.192. The van der Waals surface area contributed by atoms with Gasteiger partial charge >= 0.3 is 23.8 Å². The first-order valence-corrected chi connectivity index (χ1v) is 10.9. The molecule has 1 aliphatic heterocycles. The number of pyridine rings is 1. The van der Waals surface area contributed by atoms with E-state index in [9.17, 15) is 22.8 Å². The fraction of sp³-hybridized carbons (Fsp3) is 0.208. The summed E-state index contributed by atoms with van der Waals surface area (Å²) in [7, 11) is 0. The molecule has 0 unspecified atom stereocenters. The summed E-state index contributed by atoms with van der Waals surface area (Å²) < 4.78 is 44.9. The van der Waals surface area contributed by atoms with Gasteiger partial charge in [-0.25, -0.2) is 14.4 Å². The summed E-state index contributed by atoms with van der Waals surface area (Å²) in [4.78, 5) is 40.3. The van der Waals surface area contributed by atoms with Crippen molar-refractivity contribution in [2.45, 2.75) is 26.1 Å². The molecule has 14 heteroatoms. The van der Waals surface area contributed by atoms with E-state index in [4.69, 9.17) is 24.3 Å². The second kappa shape index (κ2) is 9.88. The minimum atomic E-state index is -5.08. The van der Waals surface area contributed by atoms with Gasteiger partial charge in [0.1, 0.15) is 23.9 Å². The van der Waals surface area contributed by atoms with Gasteiger partial charge in [0.2, 0.25) is 0 Å². The number of aliphatic carboxylic acids is 2. The predicted octanol–water partition coefficient (Wildman–Crippen LogP) is 3.71. The number of halogens is 3. The van der Waals surface area contributed by atoms with Gasteiger partial charge < -0.3 is 24.5 Å². The van der Waals surface area contributed by atoms with Crippen molar-refractivity contribution in [1.82, 2.24) is 19.7 Å². The van der Waals surface area contributed by atoms with Crippen LogP contribution in [0.15, 0.2) is 45.9 Å². The lowest BCUT2D eigenvalue weighted by Crippen LogP contribution is -2.31. The number of imidazole rings is 1. The molecule has 11 nitrogen and oxygen atoms in total. The highest BCUT2D eigenvalue weighted by Crippen LogP contribution is 2.44. The zero-order valence-electron chi connectivity index (χ0n) is 19.7. The van der Waals surface area contributed by atoms with E-state index in [2.05, 4.69) is 15.1 Å². The Morgan fingerprint density at radius 1 is 1.24 bits per heavy atom. The molecule has 38 heavy (non-hydrogen) atoms. The summed E-state index contributed by atoms with van der Waals surface area (Å²) in [5, 5.41) is 20.3. The molecule has 4 aromatic rings. The number of nitrogens with zero attached hydrogens (tertiary/aromatic N) is 3. The predicted molar refractivity (Wildman–Crippen MR) is 126 cm³/mol. The Morgan fingerprint density at radius 2 is 1.95 bits per heavy atom. The molecular formula is C24H19F3N4O7. The SMILES string of the molecule is Cc1noc(C)c1-c1cc(/C=C/C(=O)O)c2[nH]c(=O)n3c2c1OC[C@@H]3c1ccccn1.O=C(O)C(F)(F)F. The number of carbonyl (C=O) groups is 2. The Bertz CT molecular complexity index is 1600. The first-order chi connectivity index (χ1) is 17.9. The van der Waals surface area contributed by atoms with Crippen LogP contribution in [-0.2, 0) is 9.59 Å². The number of carboxylic acids is 2. The number of aryl methyl sites for hydroxylation is 2. The van der Waals surface area contributed by atoms with E-state index in [1.54, 1.807) is 29.8 Å². The Morgan fingerprint density at radius 3 is 2.50 bits per heavy atom. The van der Waals surface area contributed by atoms with Gasteiger partial charge in [-0.15, -0.1) is 0 Å². The van der Waals surface area contributed by atoms with Crippen LogP contribution in [0.3, 0.4) is 0 Å². The van der Waals surface area contributed by atoms with Crippen molar-refractivity contribution in [2.75, 3.05) is 6.61 Å². The Kier molecular flexibility index (Phi) is 6.81. The fourth-order valence-corrected chi connectivity index (χ4v) is 4.12. The number of carboxylic acid groups (broad SMARTS) is 2. The molecule has 0 spiro atoms. The Labute approximate surface area is 210 Å². The number of hydrogen-bond donors (Lipinski definition) is 3. The van der Waals surface area contributed by atoms with Gasteiger partial charge in [-0.2, -0.15) is 13.2 Å². The third-order valence-electron chi connectivity index (χ3n) is 5.65. The van der Waals surface area contributed by atoms with Crippen molar-refractivity contribution in [3.63, 3.8) is 0 Å². The second-order valence-electron chi connectivity index (χ2n) is 8.12. The standard InChI is InChI=1S/C22H18N4O5.C2HF3O2/c1-11-18(12(2)31-25-11)14-9-13(6-7-17(27)28)19-20-21(14)30-10-16(26(20)22(29)24-19)15-5-3-4-8-23-15;3-2(4,5)1(6)7/h3-9,16H,10H2,1-2H3,(H,24,29)(H,27,28);(H,6,7)/b7-6+;/t16-;/m1./s1. The van der Waals surface area contributed by atoms with Crippen LogP contribution in [0, 0.1) is 13.8 Å². The molecule has 4 heterocycles. The maximum Gasteiger partial charge on any atom is 0.490 e. The molecule has 0 amide bonds. The third-order valence-corrected chi connectivity index (χ3v) is 5.65. The van der Waals surface area contributed by atoms with Gasteiger partial charge in [0.15, 0.2) is 5.75 Å². The lowest BCUT2D eigenvalue weighted by Gasteiger charge is -2.26. The van der Waals surface area contributed by atoms with E-state index in [-0.39, 0.29) is 12.3 Å². The Balaban J connectivity index is 0.000000426. The van der Waals surface area contributed by atoms with Crippen LogP contribution in [0.25, 0.3) is 28.2 Å². The summed E-state index contributed by atoms with van der Waals surface area (Å²) in [5.74, 6) is -2.73. The maximum atomic E-state index is 13.0. The minimum absolute atomic E-state index is 0.220. The van der Waals surface area contributed by atoms with Crippen LogP contribution in [0.1, 0.15) is 28.8 Å². The molecule has 1 aromatic carbocycles. The van der Waals surface area contributed by atoms with Gasteiger partial charge in [0.25, 0.3) is 0 Å². The number of H-pyrrole nitrogens is 1. The number of aromatic nitrogens is 4. The highest BCUT2D eigenvalue weighted by Gasteiger charge is 2.38. The van der Waals surface area contributed by atoms with E-state index < -0.39 is 24.2 Å². The molecule has 3 N–H and O–H groups in total. The molecule has 3 aromatic heterocycles. The first kappa shape index (κ1) is 26.2. The monoisotopic (exact) mass is 532 g/mol. The molecule has 0 saturated heterocycles. The zero-order chi connectivity index (χ0) is 27.8. The summed E-state index contributed by atoms with van der Waals surface area (Å²) in [6, 6.07) is 6.86. The van der Waals surface area contributed by atoms with Crippen LogP contribution in [0.2, 0.25) is 0 Å². The highest BCUT2D eigenvalue weighted by atomic mass is 19.4. The highest BCUT2D eigenvalue weighted by molar-refractivity contribution is 5.99. The van der Waals surface area contributed by atoms with Crippen LogP contribution in [0.4, 0.5) is 13.2 Å². The summed E-state index contributed by atoms with van der Waals surface area (Å²) >= 11 is 0. The van der Waals surface area contributed by atoms with E-state index in [0.29, 0.717) is 45.1 Å². The van der Waals surface area contributed by atoms with Crippen molar-refractivity contribution in [3.05, 3.63) is 69.7 Å². The number of nitrogens with one attached hydrogen (secondary N) is 1. The van der Waals surface area contributed by atoms with Gasteiger partial charge in [-0.3, -0.25) is 9.55 Å². The Hall–Kier alpha value is -4.88. The summed E-state index contributed by atoms with van der Waals surface area (Å²) in [5.41, 5.74) is 4.05. The molecule has 0 bridgehead atoms. The molecule has 0 fully saturated rings. The summed E-state index contributed by atoms with van der Waals surface area (Å²) in [6.45, 7) is 3.83. The van der Waals surface area contributed by atoms with Crippen LogP contribution in [-0.4, -0.2) is 54.6 Å². The van der Waals surface area contributed by atoms with E-state index in [1.165, 1.54) is 6.08 Å². The molecule has 0 saturated carbocycles. The molecule has 198 valence electrons. The zero-order valence-corrected chi connectivity index (χ0v) is 19.7. The first-order valence-electron chi connectivity index (χ1n) is 10.9. The molecule has 0 aliphatic carbocycles. The number of rotatable bonds is 4. The molecule has 0 radical (unpaired) electrons. The number of alkyl halides is 3. The minimum Gasteiger partial charge on any atom is -0.488 e. The van der Waals surface area contributed by atoms with Crippen molar-refractivity contribution < 1.29 is 42.2 Å². The molecule has 5 rings (SSSR count). The fourth-order valence-electron chi connectivity index (χ4n) is 4.12. The second-order valence-corrected chi connectivity index (χ2v) is 8.12. The van der Waals surface area contributed by atoms with Crippen molar-refractivity contribution in [3.8, 4) is 16.9 Å². The van der Waals surface area contributed by atoms with Gasteiger partial charge in [0, 0.05) is 23.4 Å². The average Bonchev–Trinajstić information content (AvgIpc) is 3.38. The molecular weight excluding hydrogens is 513 g/mol. The van der Waals surface area contributed by atoms with Crippen LogP contribution in [0.5, 0.6) is 5.75 Å². The van der Waals surface area contributed by atoms with E-state index in [0.717, 1.165) is 11.6 Å². The largest absolute Gasteiger partial charge is 0.490 e. The van der Waals surface area contributed by atoms with Gasteiger partial charge in [-0.1, -0.05) is 11.2 Å². The van der Waals surface area contributed by atoms with E-state index in [1.807, 2.05) is 19.1 Å². The summed E-state index contributed by atoms with van der Waals surface area (Å²) in [6.07, 6.45) is -0.932. The number of aromatic amines is 1. The van der Waals surface area contributed by atoms with Crippen molar-refractivity contribution >= 4 is 29.0 Å². The smallest absolute Gasteiger partial charge is 0.488 e. The number of ether oxygens (including phenoxy) is 1. The topological polar surface area (TPSA) is 161 Å². The van der Waals surface area contributed by atoms with Crippen LogP contribution >= 0.6 is 0 Å². The van der Waals surface area contributed by atoms with Gasteiger partial charge in [0.05, 0.1) is 22.5 Å². The lowest BCUT2D eigenvalue weighted by atomic mass is 9.97. The third kappa shape index (κ3) is 4.87. The van der Waals surface area contributed by atoms with Crippen molar-refractivity contribution in [2.24, 2.45) is 0 Å². The van der Waals surface area contributed by atoms with E-state index >= 15 is 0 Å². The maximum absolute atomic E-state index is 13.0. The average molecular weight is 532 g/mol. The molecule has 1 aliphatic rings. The normalized spacial score (nSPS) is 14.7. The number of benzene rings is 1. The molecule has 1 atom stereocenters. The van der Waals surface area contributed by atoms with Crippen LogP contribution < -0.4 is 10.4 Å². The number of hydrogen-bond acceptors (Lipinski definition) is 7. The van der Waals surface area contributed by atoms with Gasteiger partial charge in [-0.05, 0) is 38.1 Å². The van der Waals surface area contributed by atoms with Crippen molar-refractivity contribution in [1.29, 1.82) is 0 Å².